The van der Waals surface area contributed by atoms with Crippen molar-refractivity contribution in [2.45, 2.75) is 11.6 Å². The maximum absolute atomic E-state index is 12.6. The van der Waals surface area contributed by atoms with Crippen LogP contribution in [-0.4, -0.2) is 52.8 Å². The number of carbonyl (C=O) groups excluding carboxylic acids is 1. The van der Waals surface area contributed by atoms with Crippen LogP contribution < -0.4 is 5.32 Å². The number of ether oxygens (including phenoxy) is 1. The van der Waals surface area contributed by atoms with E-state index in [9.17, 15) is 10.1 Å². The molecule has 0 radical (unpaired) electrons. The van der Waals surface area contributed by atoms with Gasteiger partial charge in [-0.3, -0.25) is 9.69 Å². The van der Waals surface area contributed by atoms with Crippen LogP contribution in [-0.2, 0) is 16.1 Å². The SMILES string of the molecule is N#Cc1ccc(Cl)cc1NC(=O)CSc1nc(CN2CCOCC2)nc2ccccc12. The number of thioether (sulfide) groups is 1. The molecule has 0 aliphatic carbocycles. The van der Waals surface area contributed by atoms with E-state index < -0.39 is 0 Å². The summed E-state index contributed by atoms with van der Waals surface area (Å²) in [5.74, 6) is 0.640. The molecule has 0 bridgehead atoms. The van der Waals surface area contributed by atoms with E-state index in [1.807, 2.05) is 24.3 Å². The molecule has 31 heavy (non-hydrogen) atoms. The first-order valence-corrected chi connectivity index (χ1v) is 11.2. The fraction of sp³-hybridized carbons (Fsp3) is 0.273. The van der Waals surface area contributed by atoms with Crippen molar-refractivity contribution < 1.29 is 9.53 Å². The van der Waals surface area contributed by atoms with E-state index in [-0.39, 0.29) is 11.7 Å². The lowest BCUT2D eigenvalue weighted by molar-refractivity contribution is -0.113. The number of hydrogen-bond donors (Lipinski definition) is 1. The fourth-order valence-corrected chi connectivity index (χ4v) is 4.28. The standard InChI is InChI=1S/C22H20ClN5O2S/c23-16-6-5-15(12-24)19(11-16)26-21(29)14-31-22-17-3-1-2-4-18(17)25-20(27-22)13-28-7-9-30-10-8-28/h1-6,11H,7-10,13-14H2,(H,26,29). The molecule has 1 aromatic heterocycles. The Bertz CT molecular complexity index is 1140. The number of benzene rings is 2. The zero-order chi connectivity index (χ0) is 21.6. The predicted molar refractivity (Wildman–Crippen MR) is 121 cm³/mol. The lowest BCUT2D eigenvalue weighted by Gasteiger charge is -2.25. The molecule has 3 aromatic rings. The number of amides is 1. The van der Waals surface area contributed by atoms with E-state index in [0.29, 0.717) is 36.0 Å². The molecular weight excluding hydrogens is 434 g/mol. The summed E-state index contributed by atoms with van der Waals surface area (Å²) in [6.45, 7) is 3.76. The average molecular weight is 454 g/mol. The minimum atomic E-state index is -0.235. The van der Waals surface area contributed by atoms with Gasteiger partial charge in [-0.15, -0.1) is 0 Å². The number of hydrogen-bond acceptors (Lipinski definition) is 7. The zero-order valence-electron chi connectivity index (χ0n) is 16.7. The van der Waals surface area contributed by atoms with E-state index in [0.717, 1.165) is 34.8 Å². The Labute approximate surface area is 189 Å². The quantitative estimate of drug-likeness (QED) is 0.449. The van der Waals surface area contributed by atoms with E-state index in [1.54, 1.807) is 18.2 Å². The van der Waals surface area contributed by atoms with Gasteiger partial charge in [0.25, 0.3) is 0 Å². The highest BCUT2D eigenvalue weighted by Crippen LogP contribution is 2.26. The smallest absolute Gasteiger partial charge is 0.234 e. The molecule has 1 aliphatic heterocycles. The van der Waals surface area contributed by atoms with Gasteiger partial charge in [0.1, 0.15) is 16.9 Å². The number of anilines is 1. The summed E-state index contributed by atoms with van der Waals surface area (Å²) in [5.41, 5.74) is 1.62. The Morgan fingerprint density at radius 1 is 1.23 bits per heavy atom. The van der Waals surface area contributed by atoms with Crippen LogP contribution in [0.4, 0.5) is 5.69 Å². The highest BCUT2D eigenvalue weighted by atomic mass is 35.5. The number of morpholine rings is 1. The van der Waals surface area contributed by atoms with Crippen molar-refractivity contribution in [1.82, 2.24) is 14.9 Å². The lowest BCUT2D eigenvalue weighted by atomic mass is 10.2. The predicted octanol–water partition coefficient (Wildman–Crippen LogP) is 3.72. The molecule has 2 aromatic carbocycles. The second kappa shape index (κ2) is 10.1. The molecule has 2 heterocycles. The molecule has 1 N–H and O–H groups in total. The summed E-state index contributed by atoms with van der Waals surface area (Å²) < 4.78 is 5.41. The molecule has 4 rings (SSSR count). The lowest BCUT2D eigenvalue weighted by Crippen LogP contribution is -2.36. The summed E-state index contributed by atoms with van der Waals surface area (Å²) in [6.07, 6.45) is 0. The van der Waals surface area contributed by atoms with Crippen molar-refractivity contribution in [2.75, 3.05) is 37.4 Å². The Kier molecular flexibility index (Phi) is 6.99. The van der Waals surface area contributed by atoms with Gasteiger partial charge in [-0.25, -0.2) is 9.97 Å². The number of para-hydroxylation sites is 1. The number of nitrogens with zero attached hydrogens (tertiary/aromatic N) is 4. The highest BCUT2D eigenvalue weighted by molar-refractivity contribution is 8.00. The Morgan fingerprint density at radius 3 is 2.84 bits per heavy atom. The number of fused-ring (bicyclic) bond motifs is 1. The number of nitriles is 1. The second-order valence-electron chi connectivity index (χ2n) is 6.99. The van der Waals surface area contributed by atoms with Crippen molar-refractivity contribution >= 4 is 45.9 Å². The van der Waals surface area contributed by atoms with Gasteiger partial charge in [0.05, 0.1) is 42.3 Å². The van der Waals surface area contributed by atoms with Crippen LogP contribution >= 0.6 is 23.4 Å². The molecule has 1 aliphatic rings. The molecule has 9 heteroatoms. The zero-order valence-corrected chi connectivity index (χ0v) is 18.2. The Morgan fingerprint density at radius 2 is 2.03 bits per heavy atom. The fourth-order valence-electron chi connectivity index (χ4n) is 3.27. The topological polar surface area (TPSA) is 91.1 Å². The van der Waals surface area contributed by atoms with E-state index >= 15 is 0 Å². The normalized spacial score (nSPS) is 14.3. The third-order valence-electron chi connectivity index (χ3n) is 4.80. The molecule has 1 amide bonds. The number of carbonyl (C=O) groups is 1. The van der Waals surface area contributed by atoms with Crippen molar-refractivity contribution in [3.63, 3.8) is 0 Å². The van der Waals surface area contributed by atoms with Crippen molar-refractivity contribution in [3.05, 3.63) is 58.9 Å². The van der Waals surface area contributed by atoms with Crippen LogP contribution in [0, 0.1) is 11.3 Å². The van der Waals surface area contributed by atoms with Crippen LogP contribution in [0.2, 0.25) is 5.02 Å². The Hall–Kier alpha value is -2.70. The van der Waals surface area contributed by atoms with Gasteiger partial charge in [-0.1, -0.05) is 41.6 Å². The molecule has 1 fully saturated rings. The first-order valence-electron chi connectivity index (χ1n) is 9.80. The summed E-state index contributed by atoms with van der Waals surface area (Å²) in [4.78, 5) is 24.3. The maximum Gasteiger partial charge on any atom is 0.234 e. The first kappa shape index (κ1) is 21.5. The van der Waals surface area contributed by atoms with Crippen LogP contribution in [0.15, 0.2) is 47.5 Å². The van der Waals surface area contributed by atoms with Gasteiger partial charge >= 0.3 is 0 Å². The van der Waals surface area contributed by atoms with Gasteiger partial charge in [0, 0.05) is 23.5 Å². The number of nitrogens with one attached hydrogen (secondary N) is 1. The molecule has 7 nitrogen and oxygen atoms in total. The summed E-state index contributed by atoms with van der Waals surface area (Å²) in [7, 11) is 0. The molecule has 0 saturated carbocycles. The van der Waals surface area contributed by atoms with Gasteiger partial charge in [0.2, 0.25) is 5.91 Å². The molecule has 0 spiro atoms. The molecule has 0 unspecified atom stereocenters. The third kappa shape index (κ3) is 5.51. The summed E-state index contributed by atoms with van der Waals surface area (Å²) in [5, 5.41) is 14.1. The van der Waals surface area contributed by atoms with Crippen molar-refractivity contribution in [2.24, 2.45) is 0 Å². The summed E-state index contributed by atoms with van der Waals surface area (Å²) in [6, 6.07) is 14.6. The molecule has 158 valence electrons. The number of aromatic nitrogens is 2. The van der Waals surface area contributed by atoms with E-state index in [1.165, 1.54) is 11.8 Å². The molecule has 0 atom stereocenters. The third-order valence-corrected chi connectivity index (χ3v) is 6.03. The first-order chi connectivity index (χ1) is 15.1. The van der Waals surface area contributed by atoms with E-state index in [2.05, 4.69) is 16.3 Å². The van der Waals surface area contributed by atoms with Crippen LogP contribution in [0.1, 0.15) is 11.4 Å². The van der Waals surface area contributed by atoms with E-state index in [4.69, 9.17) is 26.3 Å². The Balaban J connectivity index is 1.50. The maximum atomic E-state index is 12.6. The largest absolute Gasteiger partial charge is 0.379 e. The van der Waals surface area contributed by atoms with Crippen molar-refractivity contribution in [1.29, 1.82) is 5.26 Å². The minimum Gasteiger partial charge on any atom is -0.379 e. The monoisotopic (exact) mass is 453 g/mol. The van der Waals surface area contributed by atoms with Gasteiger partial charge < -0.3 is 10.1 Å². The molecular formula is C22H20ClN5O2S. The summed E-state index contributed by atoms with van der Waals surface area (Å²) >= 11 is 7.35. The minimum absolute atomic E-state index is 0.148. The number of halogens is 1. The van der Waals surface area contributed by atoms with Crippen molar-refractivity contribution in [3.8, 4) is 6.07 Å². The second-order valence-corrected chi connectivity index (χ2v) is 8.39. The van der Waals surface area contributed by atoms with Gasteiger partial charge in [0.15, 0.2) is 0 Å². The van der Waals surface area contributed by atoms with Gasteiger partial charge in [-0.2, -0.15) is 5.26 Å². The van der Waals surface area contributed by atoms with Crippen LogP contribution in [0.3, 0.4) is 0 Å². The average Bonchev–Trinajstić information content (AvgIpc) is 2.78. The van der Waals surface area contributed by atoms with Gasteiger partial charge in [-0.05, 0) is 24.3 Å². The van der Waals surface area contributed by atoms with Crippen LogP contribution in [0.5, 0.6) is 0 Å². The molecule has 1 saturated heterocycles. The van der Waals surface area contributed by atoms with Crippen LogP contribution in [0.25, 0.3) is 10.9 Å². The number of rotatable bonds is 6. The highest BCUT2D eigenvalue weighted by Gasteiger charge is 2.16.